The number of fused-ring (bicyclic) bond motifs is 1. The number of piperidine rings is 1. The Hall–Kier alpha value is -0.130. The number of carbonyl (C=O) groups is 1. The van der Waals surface area contributed by atoms with Crippen LogP contribution in [0.2, 0.25) is 0 Å². The van der Waals surface area contributed by atoms with Crippen molar-refractivity contribution in [1.82, 2.24) is 15.5 Å². The van der Waals surface area contributed by atoms with Crippen LogP contribution in [0.5, 0.6) is 0 Å². The summed E-state index contributed by atoms with van der Waals surface area (Å²) < 4.78 is 0. The molecule has 2 N–H and O–H groups in total. The van der Waals surface area contributed by atoms with Gasteiger partial charge in [-0.05, 0) is 7.05 Å². The second-order valence-electron chi connectivity index (χ2n) is 3.35. The van der Waals surface area contributed by atoms with Gasteiger partial charge in [0.25, 0.3) is 0 Å². The topological polar surface area (TPSA) is 44.4 Å². The van der Waals surface area contributed by atoms with E-state index in [0.29, 0.717) is 10.9 Å². The van der Waals surface area contributed by atoms with Gasteiger partial charge >= 0.3 is 0 Å². The monoisotopic (exact) mass is 233 g/mol. The Kier molecular flexibility index (Phi) is 2.10. The highest BCUT2D eigenvalue weighted by Crippen LogP contribution is 2.21. The predicted molar refractivity (Wildman–Crippen MR) is 49.1 cm³/mol. The van der Waals surface area contributed by atoms with E-state index in [9.17, 15) is 4.79 Å². The van der Waals surface area contributed by atoms with E-state index in [0.717, 1.165) is 13.2 Å². The molecule has 0 aliphatic carbocycles. The molecule has 0 saturated carbocycles. The van der Waals surface area contributed by atoms with Crippen molar-refractivity contribution in [3.05, 3.63) is 0 Å². The maximum Gasteiger partial charge on any atom is 0.238 e. The fourth-order valence-electron chi connectivity index (χ4n) is 1.88. The number of hydrogen-bond acceptors (Lipinski definition) is 3. The van der Waals surface area contributed by atoms with Gasteiger partial charge in [-0.15, -0.1) is 0 Å². The third kappa shape index (κ3) is 1.16. The molecular formula is C7H12BrN3O. The zero-order valence-corrected chi connectivity index (χ0v) is 8.47. The standard InChI is InChI=1S/C7H12BrN3O/c1-11-3-10-5-6(11)4(8)2-9-7(5)12/h4-6,10H,2-3H2,1H3,(H,9,12). The van der Waals surface area contributed by atoms with E-state index in [4.69, 9.17) is 0 Å². The Labute approximate surface area is 79.8 Å². The summed E-state index contributed by atoms with van der Waals surface area (Å²) in [5.41, 5.74) is 0. The van der Waals surface area contributed by atoms with Gasteiger partial charge in [0.1, 0.15) is 6.04 Å². The molecule has 3 unspecified atom stereocenters. The Morgan fingerprint density at radius 3 is 3.08 bits per heavy atom. The third-order valence-electron chi connectivity index (χ3n) is 2.54. The van der Waals surface area contributed by atoms with Crippen molar-refractivity contribution in [3.8, 4) is 0 Å². The largest absolute Gasteiger partial charge is 0.354 e. The van der Waals surface area contributed by atoms with Crippen LogP contribution in [0.25, 0.3) is 0 Å². The number of rotatable bonds is 0. The molecule has 2 fully saturated rings. The number of halogens is 1. The van der Waals surface area contributed by atoms with Crippen LogP contribution in [0.1, 0.15) is 0 Å². The first-order chi connectivity index (χ1) is 5.70. The van der Waals surface area contributed by atoms with Gasteiger partial charge in [0.15, 0.2) is 0 Å². The number of likely N-dealkylation sites (N-methyl/N-ethyl adjacent to an activating group) is 1. The number of nitrogens with one attached hydrogen (secondary N) is 2. The van der Waals surface area contributed by atoms with Crippen LogP contribution in [-0.2, 0) is 4.79 Å². The first-order valence-corrected chi connectivity index (χ1v) is 4.97. The lowest BCUT2D eigenvalue weighted by Crippen LogP contribution is -2.58. The van der Waals surface area contributed by atoms with Crippen molar-refractivity contribution in [3.63, 3.8) is 0 Å². The normalized spacial score (nSPS) is 42.5. The predicted octanol–water partition coefficient (Wildman–Crippen LogP) is -0.891. The van der Waals surface area contributed by atoms with Crippen molar-refractivity contribution in [2.45, 2.75) is 16.9 Å². The van der Waals surface area contributed by atoms with Crippen molar-refractivity contribution >= 4 is 21.8 Å². The summed E-state index contributed by atoms with van der Waals surface area (Å²) in [4.78, 5) is 13.9. The lowest BCUT2D eigenvalue weighted by molar-refractivity contribution is -0.124. The Morgan fingerprint density at radius 1 is 1.67 bits per heavy atom. The van der Waals surface area contributed by atoms with Crippen molar-refractivity contribution in [1.29, 1.82) is 0 Å². The number of alkyl halides is 1. The average molecular weight is 234 g/mol. The summed E-state index contributed by atoms with van der Waals surface area (Å²) in [6.07, 6.45) is 0. The fraction of sp³-hybridized carbons (Fsp3) is 0.857. The minimum atomic E-state index is -0.0341. The molecule has 2 rings (SSSR count). The quantitative estimate of drug-likeness (QED) is 0.534. The first-order valence-electron chi connectivity index (χ1n) is 4.05. The summed E-state index contributed by atoms with van der Waals surface area (Å²) >= 11 is 3.57. The molecule has 0 aromatic carbocycles. The molecule has 68 valence electrons. The average Bonchev–Trinajstić information content (AvgIpc) is 2.42. The number of hydrogen-bond donors (Lipinski definition) is 2. The van der Waals surface area contributed by atoms with Gasteiger partial charge in [0.2, 0.25) is 5.91 Å². The summed E-state index contributed by atoms with van der Waals surface area (Å²) in [6, 6.07) is 0.270. The SMILES string of the molecule is CN1CNC2C(=O)NCC(Br)C21. The molecule has 2 saturated heterocycles. The number of carbonyl (C=O) groups excluding carboxylic acids is 1. The lowest BCUT2D eigenvalue weighted by Gasteiger charge is -2.32. The molecular weight excluding hydrogens is 222 g/mol. The highest BCUT2D eigenvalue weighted by Gasteiger charge is 2.43. The molecule has 0 aromatic rings. The van der Waals surface area contributed by atoms with Crippen molar-refractivity contribution in [2.24, 2.45) is 0 Å². The lowest BCUT2D eigenvalue weighted by atomic mass is 10.0. The summed E-state index contributed by atoms with van der Waals surface area (Å²) in [6.45, 7) is 1.52. The van der Waals surface area contributed by atoms with E-state index in [1.54, 1.807) is 0 Å². The molecule has 12 heavy (non-hydrogen) atoms. The Morgan fingerprint density at radius 2 is 2.42 bits per heavy atom. The maximum absolute atomic E-state index is 11.3. The maximum atomic E-state index is 11.3. The molecule has 0 bridgehead atoms. The minimum absolute atomic E-state index is 0.0341. The molecule has 0 spiro atoms. The molecule has 2 aliphatic heterocycles. The number of amides is 1. The van der Waals surface area contributed by atoms with Crippen molar-refractivity contribution < 1.29 is 4.79 Å². The molecule has 1 amide bonds. The van der Waals surface area contributed by atoms with E-state index in [-0.39, 0.29) is 11.9 Å². The van der Waals surface area contributed by atoms with Gasteiger partial charge in [0, 0.05) is 24.1 Å². The molecule has 4 nitrogen and oxygen atoms in total. The van der Waals surface area contributed by atoms with Crippen LogP contribution < -0.4 is 10.6 Å². The molecule has 2 heterocycles. The van der Waals surface area contributed by atoms with Crippen LogP contribution in [0, 0.1) is 0 Å². The van der Waals surface area contributed by atoms with Gasteiger partial charge in [-0.3, -0.25) is 15.0 Å². The smallest absolute Gasteiger partial charge is 0.238 e. The molecule has 5 heteroatoms. The van der Waals surface area contributed by atoms with Gasteiger partial charge in [-0.2, -0.15) is 0 Å². The van der Waals surface area contributed by atoms with Gasteiger partial charge < -0.3 is 5.32 Å². The van der Waals surface area contributed by atoms with E-state index < -0.39 is 0 Å². The summed E-state index contributed by atoms with van der Waals surface area (Å²) in [5.74, 6) is 0.125. The molecule has 2 aliphatic rings. The zero-order valence-electron chi connectivity index (χ0n) is 6.88. The summed E-state index contributed by atoms with van der Waals surface area (Å²) in [7, 11) is 2.03. The Bertz CT molecular complexity index is 211. The second kappa shape index (κ2) is 2.97. The van der Waals surface area contributed by atoms with Crippen molar-refractivity contribution in [2.75, 3.05) is 20.3 Å². The van der Waals surface area contributed by atoms with Crippen LogP contribution in [0.4, 0.5) is 0 Å². The fourth-order valence-corrected chi connectivity index (χ4v) is 2.76. The second-order valence-corrected chi connectivity index (χ2v) is 4.52. The van der Waals surface area contributed by atoms with Crippen LogP contribution in [0.3, 0.4) is 0 Å². The number of nitrogens with zero attached hydrogens (tertiary/aromatic N) is 1. The van der Waals surface area contributed by atoms with Crippen LogP contribution >= 0.6 is 15.9 Å². The molecule has 3 atom stereocenters. The first kappa shape index (κ1) is 8.47. The van der Waals surface area contributed by atoms with E-state index in [1.807, 2.05) is 7.05 Å². The molecule has 0 aromatic heterocycles. The van der Waals surface area contributed by atoms with Crippen LogP contribution in [-0.4, -0.2) is 48.0 Å². The van der Waals surface area contributed by atoms with E-state index in [2.05, 4.69) is 31.5 Å². The summed E-state index contributed by atoms with van der Waals surface area (Å²) in [5, 5.41) is 6.02. The third-order valence-corrected chi connectivity index (χ3v) is 3.40. The molecule has 0 radical (unpaired) electrons. The van der Waals surface area contributed by atoms with Gasteiger partial charge in [0.05, 0.1) is 0 Å². The highest BCUT2D eigenvalue weighted by molar-refractivity contribution is 9.09. The van der Waals surface area contributed by atoms with E-state index >= 15 is 0 Å². The van der Waals surface area contributed by atoms with Gasteiger partial charge in [-0.1, -0.05) is 15.9 Å². The van der Waals surface area contributed by atoms with E-state index in [1.165, 1.54) is 0 Å². The van der Waals surface area contributed by atoms with Crippen LogP contribution in [0.15, 0.2) is 0 Å². The van der Waals surface area contributed by atoms with Gasteiger partial charge in [-0.25, -0.2) is 0 Å². The highest BCUT2D eigenvalue weighted by atomic mass is 79.9. The minimum Gasteiger partial charge on any atom is -0.354 e. The zero-order chi connectivity index (χ0) is 8.72. The Balaban J connectivity index is 2.18.